The van der Waals surface area contributed by atoms with Crippen molar-refractivity contribution in [2.45, 2.75) is 45.9 Å². The van der Waals surface area contributed by atoms with Crippen LogP contribution in [0.25, 0.3) is 0 Å². The summed E-state index contributed by atoms with van der Waals surface area (Å²) in [6, 6.07) is 3.61. The lowest BCUT2D eigenvalue weighted by molar-refractivity contribution is -0.168. The molecule has 3 N–H and O–H groups in total. The fraction of sp³-hybridized carbons (Fsp3) is 0.474. The summed E-state index contributed by atoms with van der Waals surface area (Å²) in [5.41, 5.74) is 6.26. The van der Waals surface area contributed by atoms with E-state index in [0.29, 0.717) is 6.42 Å². The molecule has 1 aliphatic rings. The molecule has 2 rings (SSSR count). The van der Waals surface area contributed by atoms with Crippen molar-refractivity contribution in [3.63, 3.8) is 0 Å². The molecular weight excluding hydrogens is 403 g/mol. The van der Waals surface area contributed by atoms with E-state index in [9.17, 15) is 19.2 Å². The van der Waals surface area contributed by atoms with Gasteiger partial charge >= 0.3 is 24.0 Å². The molecule has 0 saturated heterocycles. The zero-order chi connectivity index (χ0) is 21.6. The second-order valence-corrected chi connectivity index (χ2v) is 6.73. The zero-order valence-corrected chi connectivity index (χ0v) is 16.8. The summed E-state index contributed by atoms with van der Waals surface area (Å²) >= 11 is 0. The van der Waals surface area contributed by atoms with Crippen molar-refractivity contribution < 1.29 is 42.8 Å². The molecule has 2 atom stereocenters. The Morgan fingerprint density at radius 2 is 1.87 bits per heavy atom. The van der Waals surface area contributed by atoms with Gasteiger partial charge in [-0.05, 0) is 24.1 Å². The van der Waals surface area contributed by atoms with Crippen molar-refractivity contribution in [1.82, 2.24) is 5.32 Å². The van der Waals surface area contributed by atoms with Gasteiger partial charge in [-0.2, -0.15) is 0 Å². The topological polar surface area (TPSA) is 143 Å². The first kappa shape index (κ1) is 24.8. The highest BCUT2D eigenvalue weighted by Gasteiger charge is 2.26. The van der Waals surface area contributed by atoms with Gasteiger partial charge in [0.15, 0.2) is 11.5 Å². The van der Waals surface area contributed by atoms with E-state index in [2.05, 4.69) is 5.32 Å². The number of alkyl carbamates (subject to hydrolysis) is 1. The zero-order valence-electron chi connectivity index (χ0n) is 16.8. The van der Waals surface area contributed by atoms with Crippen LogP contribution in [0.15, 0.2) is 18.2 Å². The number of esters is 3. The second kappa shape index (κ2) is 11.1. The number of rotatable bonds is 6. The van der Waals surface area contributed by atoms with E-state index in [0.717, 1.165) is 5.56 Å². The van der Waals surface area contributed by atoms with Crippen LogP contribution in [0.5, 0.6) is 11.5 Å². The first-order valence-electron chi connectivity index (χ1n) is 9.11. The molecule has 10 nitrogen and oxygen atoms in total. The van der Waals surface area contributed by atoms with Gasteiger partial charge < -0.3 is 30.0 Å². The van der Waals surface area contributed by atoms with Crippen molar-refractivity contribution in [2.24, 2.45) is 11.7 Å². The number of fused-ring (bicyclic) bond motifs is 1. The summed E-state index contributed by atoms with van der Waals surface area (Å²) in [6.45, 7) is 4.99. The highest BCUT2D eigenvalue weighted by molar-refractivity contribution is 5.87. The average Bonchev–Trinajstić information content (AvgIpc) is 2.62. The van der Waals surface area contributed by atoms with E-state index in [1.165, 1.54) is 19.1 Å². The molecule has 0 radical (unpaired) electrons. The maximum atomic E-state index is 11.8. The highest BCUT2D eigenvalue weighted by Crippen LogP contribution is 2.30. The molecule has 0 fully saturated rings. The molecule has 1 aromatic carbocycles. The highest BCUT2D eigenvalue weighted by atomic mass is 19.0. The van der Waals surface area contributed by atoms with Gasteiger partial charge in [0.05, 0.1) is 12.3 Å². The summed E-state index contributed by atoms with van der Waals surface area (Å²) in [4.78, 5) is 46.7. The fourth-order valence-corrected chi connectivity index (χ4v) is 2.31. The Kier molecular flexibility index (Phi) is 9.18. The third-order valence-electron chi connectivity index (χ3n) is 3.84. The lowest BCUT2D eigenvalue weighted by atomic mass is 10.1. The van der Waals surface area contributed by atoms with Crippen molar-refractivity contribution >= 4 is 24.0 Å². The number of carbonyl (C=O) groups is 4. The van der Waals surface area contributed by atoms with Gasteiger partial charge in [0, 0.05) is 13.5 Å². The summed E-state index contributed by atoms with van der Waals surface area (Å²) in [5, 5.41) is 2.53. The number of halogens is 1. The Morgan fingerprint density at radius 3 is 2.53 bits per heavy atom. The maximum absolute atomic E-state index is 11.8. The molecular formula is C19H25FN2O8. The van der Waals surface area contributed by atoms with Gasteiger partial charge in [-0.15, -0.1) is 0 Å². The summed E-state index contributed by atoms with van der Waals surface area (Å²) in [5.74, 6) is -1.96. The number of hydrogen-bond acceptors (Lipinski definition) is 9. The quantitative estimate of drug-likeness (QED) is 0.388. The van der Waals surface area contributed by atoms with Crippen LogP contribution < -0.4 is 20.5 Å². The standard InChI is InChI=1S/C19H24N2O8.FH/c1-10(2)17(23)26-11(3)27-19(25)21-7-6-12-4-5-14-15(8-12)28-16(22)9-13(20)18(24)29-14;/h4-5,8,10-11,13H,6-7,9,20H2,1-3H3,(H,21,25);1H. The molecule has 1 amide bonds. The van der Waals surface area contributed by atoms with Gasteiger partial charge in [-0.25, -0.2) is 9.59 Å². The molecule has 11 heteroatoms. The Bertz CT molecular complexity index is 799. The van der Waals surface area contributed by atoms with Crippen LogP contribution in [0, 0.1) is 5.92 Å². The van der Waals surface area contributed by atoms with Gasteiger partial charge in [-0.3, -0.25) is 14.3 Å². The van der Waals surface area contributed by atoms with E-state index in [-0.39, 0.29) is 35.1 Å². The van der Waals surface area contributed by atoms with E-state index >= 15 is 0 Å². The average molecular weight is 428 g/mol. The van der Waals surface area contributed by atoms with E-state index in [1.807, 2.05) is 0 Å². The number of carbonyl (C=O) groups excluding carboxylic acids is 4. The lowest BCUT2D eigenvalue weighted by Gasteiger charge is -2.18. The molecule has 0 saturated carbocycles. The Balaban J connectivity index is 0.00000450. The number of ether oxygens (including phenoxy) is 4. The van der Waals surface area contributed by atoms with E-state index in [1.54, 1.807) is 19.9 Å². The van der Waals surface area contributed by atoms with Gasteiger partial charge in [0.2, 0.25) is 6.29 Å². The predicted molar refractivity (Wildman–Crippen MR) is 101 cm³/mol. The largest absolute Gasteiger partial charge is 0.425 e. The van der Waals surface area contributed by atoms with Crippen molar-refractivity contribution in [3.05, 3.63) is 23.8 Å². The third kappa shape index (κ3) is 7.32. The van der Waals surface area contributed by atoms with Crippen LogP contribution in [-0.2, 0) is 30.3 Å². The van der Waals surface area contributed by atoms with Gasteiger partial charge in [0.1, 0.15) is 6.04 Å². The van der Waals surface area contributed by atoms with Crippen molar-refractivity contribution in [2.75, 3.05) is 6.54 Å². The molecule has 1 heterocycles. The number of nitrogens with two attached hydrogens (primary N) is 1. The van der Waals surface area contributed by atoms with Crippen LogP contribution in [0.4, 0.5) is 9.50 Å². The Hall–Kier alpha value is -3.21. The fourth-order valence-electron chi connectivity index (χ4n) is 2.31. The third-order valence-corrected chi connectivity index (χ3v) is 3.84. The van der Waals surface area contributed by atoms with Crippen LogP contribution in [0.2, 0.25) is 0 Å². The number of amides is 1. The van der Waals surface area contributed by atoms with Gasteiger partial charge in [0.25, 0.3) is 0 Å². The van der Waals surface area contributed by atoms with Crippen LogP contribution in [-0.4, -0.2) is 42.9 Å². The van der Waals surface area contributed by atoms with E-state index in [4.69, 9.17) is 24.7 Å². The van der Waals surface area contributed by atoms with Gasteiger partial charge in [-0.1, -0.05) is 19.9 Å². The number of nitrogens with one attached hydrogen (secondary N) is 1. The lowest BCUT2D eigenvalue weighted by Crippen LogP contribution is -2.38. The smallest absolute Gasteiger partial charge is 0.410 e. The molecule has 30 heavy (non-hydrogen) atoms. The van der Waals surface area contributed by atoms with Crippen molar-refractivity contribution in [3.8, 4) is 11.5 Å². The minimum Gasteiger partial charge on any atom is -0.425 e. The van der Waals surface area contributed by atoms with Crippen LogP contribution in [0.3, 0.4) is 0 Å². The summed E-state index contributed by atoms with van der Waals surface area (Å²) in [7, 11) is 0. The molecule has 0 aromatic heterocycles. The molecule has 1 aromatic rings. The molecule has 0 bridgehead atoms. The maximum Gasteiger partial charge on any atom is 0.410 e. The first-order valence-corrected chi connectivity index (χ1v) is 9.11. The number of benzene rings is 1. The predicted octanol–water partition coefficient (Wildman–Crippen LogP) is 1.19. The summed E-state index contributed by atoms with van der Waals surface area (Å²) in [6.07, 6.45) is -1.65. The SMILES string of the molecule is CC(OC(=O)NCCc1ccc2c(c1)OC(=O)CC(N)C(=O)O2)OC(=O)C(C)C.F. The molecule has 166 valence electrons. The monoisotopic (exact) mass is 428 g/mol. The molecule has 0 spiro atoms. The molecule has 1 aliphatic heterocycles. The Morgan fingerprint density at radius 1 is 1.17 bits per heavy atom. The van der Waals surface area contributed by atoms with Crippen LogP contribution in [0.1, 0.15) is 32.8 Å². The Labute approximate surface area is 172 Å². The number of hydrogen-bond donors (Lipinski definition) is 2. The molecule has 0 aliphatic carbocycles. The van der Waals surface area contributed by atoms with Crippen molar-refractivity contribution in [1.29, 1.82) is 0 Å². The summed E-state index contributed by atoms with van der Waals surface area (Å²) < 4.78 is 20.2. The second-order valence-electron chi connectivity index (χ2n) is 6.73. The normalized spacial score (nSPS) is 16.6. The minimum absolute atomic E-state index is 0. The molecule has 2 unspecified atom stereocenters. The first-order chi connectivity index (χ1) is 13.7. The van der Waals surface area contributed by atoms with E-state index < -0.39 is 36.3 Å². The van der Waals surface area contributed by atoms with Crippen LogP contribution >= 0.6 is 0 Å². The minimum atomic E-state index is -1.08.